The monoisotopic (exact) mass is 489 g/mol. The van der Waals surface area contributed by atoms with Crippen molar-refractivity contribution in [2.45, 2.75) is 52.6 Å². The SMILES string of the molecule is Cc1c(C(=O)OC(C)C)cc2c(Br)ccn2c1C(C)N1CCN(C(F)C(F)F)CC1. The third-order valence-electron chi connectivity index (χ3n) is 5.61. The molecule has 1 aliphatic heterocycles. The van der Waals surface area contributed by atoms with Crippen molar-refractivity contribution in [3.05, 3.63) is 39.6 Å². The first-order chi connectivity index (χ1) is 14.1. The van der Waals surface area contributed by atoms with Gasteiger partial charge in [-0.25, -0.2) is 18.0 Å². The topological polar surface area (TPSA) is 37.2 Å². The number of alkyl halides is 3. The summed E-state index contributed by atoms with van der Waals surface area (Å²) in [6.45, 7) is 8.88. The van der Waals surface area contributed by atoms with Crippen LogP contribution < -0.4 is 0 Å². The zero-order chi connectivity index (χ0) is 22.2. The van der Waals surface area contributed by atoms with E-state index in [-0.39, 0.29) is 31.2 Å². The fourth-order valence-electron chi connectivity index (χ4n) is 4.04. The van der Waals surface area contributed by atoms with Crippen LogP contribution in [0.1, 0.15) is 48.4 Å². The molecule has 2 aromatic rings. The zero-order valence-corrected chi connectivity index (χ0v) is 19.1. The molecule has 2 unspecified atom stereocenters. The molecule has 9 heteroatoms. The number of ether oxygens (including phenoxy) is 1. The maximum Gasteiger partial charge on any atom is 0.338 e. The number of piperazine rings is 1. The Morgan fingerprint density at radius 3 is 2.27 bits per heavy atom. The number of rotatable bonds is 6. The molecule has 0 aliphatic carbocycles. The van der Waals surface area contributed by atoms with Crippen molar-refractivity contribution < 1.29 is 22.7 Å². The van der Waals surface area contributed by atoms with Crippen molar-refractivity contribution in [3.63, 3.8) is 0 Å². The van der Waals surface area contributed by atoms with Gasteiger partial charge in [0.1, 0.15) is 0 Å². The molecule has 2 atom stereocenters. The summed E-state index contributed by atoms with van der Waals surface area (Å²) in [5.74, 6) is -0.381. The fourth-order valence-corrected chi connectivity index (χ4v) is 4.46. The molecule has 3 heterocycles. The van der Waals surface area contributed by atoms with E-state index in [1.807, 2.05) is 36.6 Å². The van der Waals surface area contributed by atoms with Crippen molar-refractivity contribution in [3.8, 4) is 0 Å². The van der Waals surface area contributed by atoms with Gasteiger partial charge in [0, 0.05) is 48.6 Å². The third kappa shape index (κ3) is 4.53. The number of nitrogens with zero attached hydrogens (tertiary/aromatic N) is 3. The van der Waals surface area contributed by atoms with E-state index in [9.17, 15) is 18.0 Å². The van der Waals surface area contributed by atoms with Gasteiger partial charge in [-0.05, 0) is 61.3 Å². The van der Waals surface area contributed by atoms with Crippen molar-refractivity contribution in [1.29, 1.82) is 0 Å². The normalized spacial score (nSPS) is 18.3. The van der Waals surface area contributed by atoms with E-state index in [0.29, 0.717) is 18.7 Å². The summed E-state index contributed by atoms with van der Waals surface area (Å²) in [4.78, 5) is 16.0. The second-order valence-corrected chi connectivity index (χ2v) is 8.75. The first-order valence-corrected chi connectivity index (χ1v) is 10.8. The van der Waals surface area contributed by atoms with Gasteiger partial charge in [-0.15, -0.1) is 0 Å². The predicted octanol–water partition coefficient (Wildman–Crippen LogP) is 4.81. The number of pyridine rings is 1. The number of hydrogen-bond acceptors (Lipinski definition) is 4. The van der Waals surface area contributed by atoms with E-state index < -0.39 is 12.7 Å². The van der Waals surface area contributed by atoms with Crippen LogP contribution in [-0.2, 0) is 4.74 Å². The van der Waals surface area contributed by atoms with Gasteiger partial charge in [-0.1, -0.05) is 0 Å². The van der Waals surface area contributed by atoms with Crippen LogP contribution in [0.3, 0.4) is 0 Å². The molecule has 166 valence electrons. The number of hydrogen-bond donors (Lipinski definition) is 0. The van der Waals surface area contributed by atoms with Crippen LogP contribution in [-0.4, -0.2) is 65.2 Å². The highest BCUT2D eigenvalue weighted by Gasteiger charge is 2.33. The van der Waals surface area contributed by atoms with Crippen LogP contribution >= 0.6 is 15.9 Å². The number of halogens is 4. The van der Waals surface area contributed by atoms with Gasteiger partial charge in [-0.3, -0.25) is 9.80 Å². The molecule has 1 aliphatic rings. The van der Waals surface area contributed by atoms with Crippen LogP contribution in [0, 0.1) is 6.92 Å². The molecule has 0 aromatic carbocycles. The molecular formula is C21H27BrF3N3O2. The standard InChI is InChI=1S/C21H27BrF3N3O2/c1-12(2)30-21(29)15-11-17-16(22)5-6-28(17)18(13(15)3)14(4)26-7-9-27(10-8-26)20(25)19(23)24/h5-6,11-12,14,19-20H,7-10H2,1-4H3. The largest absolute Gasteiger partial charge is 0.459 e. The maximum absolute atomic E-state index is 13.7. The minimum atomic E-state index is -3.00. The Morgan fingerprint density at radius 2 is 1.70 bits per heavy atom. The lowest BCUT2D eigenvalue weighted by Gasteiger charge is -2.39. The lowest BCUT2D eigenvalue weighted by molar-refractivity contribution is -0.0688. The second-order valence-electron chi connectivity index (χ2n) is 7.90. The highest BCUT2D eigenvalue weighted by Crippen LogP contribution is 2.32. The Labute approximate surface area is 182 Å². The summed E-state index contributed by atoms with van der Waals surface area (Å²) >= 11 is 3.54. The van der Waals surface area contributed by atoms with Crippen LogP contribution in [0.25, 0.3) is 5.52 Å². The molecule has 0 spiro atoms. The first-order valence-electron chi connectivity index (χ1n) is 10.0. The predicted molar refractivity (Wildman–Crippen MR) is 113 cm³/mol. The van der Waals surface area contributed by atoms with Crippen molar-refractivity contribution in [2.75, 3.05) is 26.2 Å². The van der Waals surface area contributed by atoms with E-state index in [2.05, 4.69) is 20.8 Å². The summed E-state index contributed by atoms with van der Waals surface area (Å²) < 4.78 is 47.4. The maximum atomic E-state index is 13.7. The van der Waals surface area contributed by atoms with E-state index in [0.717, 1.165) is 21.2 Å². The van der Waals surface area contributed by atoms with Crippen molar-refractivity contribution in [2.24, 2.45) is 0 Å². The van der Waals surface area contributed by atoms with Crippen molar-refractivity contribution >= 4 is 27.4 Å². The lowest BCUT2D eigenvalue weighted by atomic mass is 10.0. The Hall–Kier alpha value is -1.58. The Bertz CT molecular complexity index is 911. The molecule has 30 heavy (non-hydrogen) atoms. The third-order valence-corrected chi connectivity index (χ3v) is 6.29. The first kappa shape index (κ1) is 23.1. The number of carbonyl (C=O) groups is 1. The smallest absolute Gasteiger partial charge is 0.338 e. The van der Waals surface area contributed by atoms with Crippen LogP contribution in [0.4, 0.5) is 13.2 Å². The molecule has 5 nitrogen and oxygen atoms in total. The molecule has 0 radical (unpaired) electrons. The molecule has 0 saturated carbocycles. The van der Waals surface area contributed by atoms with E-state index in [1.54, 1.807) is 13.8 Å². The Balaban J connectivity index is 1.93. The summed E-state index contributed by atoms with van der Waals surface area (Å²) in [5, 5.41) is 0. The zero-order valence-electron chi connectivity index (χ0n) is 17.5. The highest BCUT2D eigenvalue weighted by molar-refractivity contribution is 9.10. The second kappa shape index (κ2) is 9.28. The summed E-state index contributed by atoms with van der Waals surface area (Å²) in [5.41, 5.74) is 3.08. The van der Waals surface area contributed by atoms with Gasteiger partial charge in [0.25, 0.3) is 6.43 Å². The molecule has 1 fully saturated rings. The molecule has 1 saturated heterocycles. The number of esters is 1. The highest BCUT2D eigenvalue weighted by atomic mass is 79.9. The van der Waals surface area contributed by atoms with Crippen molar-refractivity contribution in [1.82, 2.24) is 14.2 Å². The number of fused-ring (bicyclic) bond motifs is 1. The van der Waals surface area contributed by atoms with Crippen LogP contribution in [0.5, 0.6) is 0 Å². The lowest BCUT2D eigenvalue weighted by Crippen LogP contribution is -2.51. The van der Waals surface area contributed by atoms with E-state index >= 15 is 0 Å². The van der Waals surface area contributed by atoms with Crippen LogP contribution in [0.15, 0.2) is 22.8 Å². The molecule has 0 N–H and O–H groups in total. The van der Waals surface area contributed by atoms with E-state index in [4.69, 9.17) is 4.74 Å². The number of carbonyl (C=O) groups excluding carboxylic acids is 1. The molecule has 3 rings (SSSR count). The molecular weight excluding hydrogens is 463 g/mol. The van der Waals surface area contributed by atoms with Gasteiger partial charge in [0.05, 0.1) is 17.2 Å². The quantitative estimate of drug-likeness (QED) is 0.430. The minimum Gasteiger partial charge on any atom is -0.459 e. The van der Waals surface area contributed by atoms with Gasteiger partial charge in [0.15, 0.2) is 0 Å². The summed E-state index contributed by atoms with van der Waals surface area (Å²) in [6, 6.07) is 3.62. The summed E-state index contributed by atoms with van der Waals surface area (Å²) in [7, 11) is 0. The molecule has 2 aromatic heterocycles. The minimum absolute atomic E-state index is 0.106. The average Bonchev–Trinajstić information content (AvgIpc) is 3.06. The Kier molecular flexibility index (Phi) is 7.14. The Morgan fingerprint density at radius 1 is 1.10 bits per heavy atom. The molecule has 0 amide bonds. The molecule has 0 bridgehead atoms. The summed E-state index contributed by atoms with van der Waals surface area (Å²) in [6.07, 6.45) is -3.54. The van der Waals surface area contributed by atoms with Gasteiger partial charge >= 0.3 is 5.97 Å². The van der Waals surface area contributed by atoms with Gasteiger partial charge < -0.3 is 9.14 Å². The fraction of sp³-hybridized carbons (Fsp3) is 0.571. The van der Waals surface area contributed by atoms with Gasteiger partial charge in [-0.2, -0.15) is 0 Å². The van der Waals surface area contributed by atoms with Crippen LogP contribution in [0.2, 0.25) is 0 Å². The van der Waals surface area contributed by atoms with E-state index in [1.165, 1.54) is 4.90 Å². The number of aromatic nitrogens is 1. The average molecular weight is 490 g/mol. The van der Waals surface area contributed by atoms with Gasteiger partial charge in [0.2, 0.25) is 6.30 Å².